The van der Waals surface area contributed by atoms with Crippen LogP contribution in [0.25, 0.3) is 0 Å². The third kappa shape index (κ3) is 4.58. The molecule has 0 aliphatic rings. The van der Waals surface area contributed by atoms with E-state index in [0.717, 1.165) is 11.4 Å². The first kappa shape index (κ1) is 13.1. The van der Waals surface area contributed by atoms with Crippen LogP contribution in [0, 0.1) is 13.8 Å². The first-order chi connectivity index (χ1) is 8.01. The molecule has 6 heteroatoms. The summed E-state index contributed by atoms with van der Waals surface area (Å²) in [6.07, 6.45) is 0.107. The number of ether oxygens (including phenoxy) is 1. The number of nitrogens with zero attached hydrogens (tertiary/aromatic N) is 2. The number of hydrogen-bond acceptors (Lipinski definition) is 5. The topological polar surface area (TPSA) is 81.2 Å². The maximum absolute atomic E-state index is 11.5. The van der Waals surface area contributed by atoms with Gasteiger partial charge < -0.3 is 4.74 Å². The molecule has 17 heavy (non-hydrogen) atoms. The van der Waals surface area contributed by atoms with Gasteiger partial charge in [0.2, 0.25) is 11.9 Å². The van der Waals surface area contributed by atoms with Gasteiger partial charge in [0.1, 0.15) is 0 Å². The molecule has 0 saturated heterocycles. The van der Waals surface area contributed by atoms with Gasteiger partial charge in [0.15, 0.2) is 0 Å². The molecule has 1 rings (SSSR count). The molecule has 1 aromatic heterocycles. The van der Waals surface area contributed by atoms with E-state index in [1.807, 2.05) is 19.9 Å². The quantitative estimate of drug-likeness (QED) is 0.789. The summed E-state index contributed by atoms with van der Waals surface area (Å²) >= 11 is 0. The molecular formula is C11H15N3O3. The molecule has 0 saturated carbocycles. The minimum Gasteiger partial charge on any atom is -0.469 e. The lowest BCUT2D eigenvalue weighted by molar-refractivity contribution is -0.141. The lowest BCUT2D eigenvalue weighted by Crippen LogP contribution is -2.16. The first-order valence-electron chi connectivity index (χ1n) is 5.20. The van der Waals surface area contributed by atoms with Crippen LogP contribution < -0.4 is 5.32 Å². The zero-order valence-corrected chi connectivity index (χ0v) is 10.1. The molecular weight excluding hydrogens is 222 g/mol. The molecule has 0 spiro atoms. The first-order valence-corrected chi connectivity index (χ1v) is 5.20. The van der Waals surface area contributed by atoms with Gasteiger partial charge in [-0.3, -0.25) is 14.9 Å². The van der Waals surface area contributed by atoms with Crippen LogP contribution in [0.4, 0.5) is 5.95 Å². The van der Waals surface area contributed by atoms with Crippen molar-refractivity contribution < 1.29 is 14.3 Å². The normalized spacial score (nSPS) is 9.82. The zero-order chi connectivity index (χ0) is 12.8. The molecule has 0 aliphatic heterocycles. The Morgan fingerprint density at radius 2 is 1.82 bits per heavy atom. The van der Waals surface area contributed by atoms with Crippen LogP contribution in [0.2, 0.25) is 0 Å². The van der Waals surface area contributed by atoms with Gasteiger partial charge in [-0.25, -0.2) is 9.97 Å². The van der Waals surface area contributed by atoms with Crippen LogP contribution in [-0.2, 0) is 14.3 Å². The predicted molar refractivity (Wildman–Crippen MR) is 61.4 cm³/mol. The van der Waals surface area contributed by atoms with Crippen molar-refractivity contribution in [2.45, 2.75) is 26.7 Å². The van der Waals surface area contributed by atoms with Crippen molar-refractivity contribution in [3.63, 3.8) is 0 Å². The highest BCUT2D eigenvalue weighted by Gasteiger charge is 2.08. The van der Waals surface area contributed by atoms with E-state index in [2.05, 4.69) is 20.0 Å². The Morgan fingerprint density at radius 1 is 1.24 bits per heavy atom. The number of esters is 1. The highest BCUT2D eigenvalue weighted by Crippen LogP contribution is 2.04. The molecule has 0 aromatic carbocycles. The van der Waals surface area contributed by atoms with Crippen LogP contribution in [0.15, 0.2) is 6.07 Å². The van der Waals surface area contributed by atoms with E-state index >= 15 is 0 Å². The summed E-state index contributed by atoms with van der Waals surface area (Å²) in [6, 6.07) is 1.81. The minimum absolute atomic E-state index is 0.0487. The van der Waals surface area contributed by atoms with Gasteiger partial charge >= 0.3 is 5.97 Å². The Labute approximate surface area is 99.4 Å². The van der Waals surface area contributed by atoms with Gasteiger partial charge in [0.05, 0.1) is 13.5 Å². The number of amides is 1. The Kier molecular flexibility index (Phi) is 4.56. The van der Waals surface area contributed by atoms with Crippen LogP contribution >= 0.6 is 0 Å². The summed E-state index contributed by atoms with van der Waals surface area (Å²) in [5.74, 6) is -0.459. The number of hydrogen-bond donors (Lipinski definition) is 1. The molecule has 0 bridgehead atoms. The van der Waals surface area contributed by atoms with E-state index in [0.29, 0.717) is 0 Å². The fourth-order valence-corrected chi connectivity index (χ4v) is 1.29. The number of aromatic nitrogens is 2. The van der Waals surface area contributed by atoms with Crippen molar-refractivity contribution in [1.29, 1.82) is 0 Å². The van der Waals surface area contributed by atoms with Crippen LogP contribution in [0.3, 0.4) is 0 Å². The maximum atomic E-state index is 11.5. The highest BCUT2D eigenvalue weighted by atomic mass is 16.5. The number of anilines is 1. The minimum atomic E-state index is -0.415. The second kappa shape index (κ2) is 5.93. The summed E-state index contributed by atoms with van der Waals surface area (Å²) in [5, 5.41) is 2.53. The molecule has 1 N–H and O–H groups in total. The number of methoxy groups -OCH3 is 1. The molecule has 0 radical (unpaired) electrons. The lowest BCUT2D eigenvalue weighted by Gasteiger charge is -2.04. The van der Waals surface area contributed by atoms with Gasteiger partial charge in [-0.2, -0.15) is 0 Å². The number of aryl methyl sites for hydroxylation is 2. The van der Waals surface area contributed by atoms with Gasteiger partial charge in [-0.15, -0.1) is 0 Å². The SMILES string of the molecule is COC(=O)CCC(=O)Nc1nc(C)cc(C)n1. The molecule has 0 atom stereocenters. The van der Waals surface area contributed by atoms with E-state index in [1.165, 1.54) is 7.11 Å². The second-order valence-electron chi connectivity index (χ2n) is 3.60. The summed E-state index contributed by atoms with van der Waals surface area (Å²) in [5.41, 5.74) is 1.56. The van der Waals surface area contributed by atoms with Crippen molar-refractivity contribution in [2.75, 3.05) is 12.4 Å². The number of rotatable bonds is 4. The van der Waals surface area contributed by atoms with Crippen molar-refractivity contribution >= 4 is 17.8 Å². The fourth-order valence-electron chi connectivity index (χ4n) is 1.29. The summed E-state index contributed by atoms with van der Waals surface area (Å²) in [7, 11) is 1.28. The molecule has 1 heterocycles. The molecule has 0 aliphatic carbocycles. The maximum Gasteiger partial charge on any atom is 0.306 e. The molecule has 0 unspecified atom stereocenters. The molecule has 92 valence electrons. The number of carbonyl (C=O) groups excluding carboxylic acids is 2. The Morgan fingerprint density at radius 3 is 2.35 bits per heavy atom. The Bertz CT molecular complexity index is 412. The van der Waals surface area contributed by atoms with E-state index in [-0.39, 0.29) is 24.7 Å². The van der Waals surface area contributed by atoms with E-state index < -0.39 is 5.97 Å². The Hall–Kier alpha value is -1.98. The number of carbonyl (C=O) groups is 2. The number of nitrogens with one attached hydrogen (secondary N) is 1. The fraction of sp³-hybridized carbons (Fsp3) is 0.455. The molecule has 1 amide bonds. The molecule has 6 nitrogen and oxygen atoms in total. The van der Waals surface area contributed by atoms with E-state index in [1.54, 1.807) is 0 Å². The lowest BCUT2D eigenvalue weighted by atomic mass is 10.3. The third-order valence-corrected chi connectivity index (χ3v) is 2.02. The van der Waals surface area contributed by atoms with Gasteiger partial charge in [-0.1, -0.05) is 0 Å². The average Bonchev–Trinajstić information content (AvgIpc) is 2.24. The van der Waals surface area contributed by atoms with Crippen molar-refractivity contribution in [1.82, 2.24) is 9.97 Å². The van der Waals surface area contributed by atoms with Crippen molar-refractivity contribution in [3.8, 4) is 0 Å². The van der Waals surface area contributed by atoms with Crippen molar-refractivity contribution in [3.05, 3.63) is 17.5 Å². The standard InChI is InChI=1S/C11H15N3O3/c1-7-6-8(2)13-11(12-7)14-9(15)4-5-10(16)17-3/h6H,4-5H2,1-3H3,(H,12,13,14,15). The molecule has 1 aromatic rings. The van der Waals surface area contributed by atoms with Crippen LogP contribution in [0.1, 0.15) is 24.2 Å². The van der Waals surface area contributed by atoms with E-state index in [9.17, 15) is 9.59 Å². The monoisotopic (exact) mass is 237 g/mol. The van der Waals surface area contributed by atoms with E-state index in [4.69, 9.17) is 0 Å². The Balaban J connectivity index is 2.53. The van der Waals surface area contributed by atoms with Gasteiger partial charge in [0.25, 0.3) is 0 Å². The van der Waals surface area contributed by atoms with Crippen LogP contribution in [0.5, 0.6) is 0 Å². The smallest absolute Gasteiger partial charge is 0.306 e. The summed E-state index contributed by atoms with van der Waals surface area (Å²) in [4.78, 5) is 30.4. The van der Waals surface area contributed by atoms with Crippen molar-refractivity contribution in [2.24, 2.45) is 0 Å². The average molecular weight is 237 g/mol. The highest BCUT2D eigenvalue weighted by molar-refractivity contribution is 5.91. The zero-order valence-electron chi connectivity index (χ0n) is 10.1. The second-order valence-corrected chi connectivity index (χ2v) is 3.60. The largest absolute Gasteiger partial charge is 0.469 e. The van der Waals surface area contributed by atoms with Gasteiger partial charge in [-0.05, 0) is 19.9 Å². The van der Waals surface area contributed by atoms with Gasteiger partial charge in [0, 0.05) is 17.8 Å². The van der Waals surface area contributed by atoms with Crippen LogP contribution in [-0.4, -0.2) is 29.0 Å². The predicted octanol–water partition coefficient (Wildman–Crippen LogP) is 0.985. The summed E-state index contributed by atoms with van der Waals surface area (Å²) in [6.45, 7) is 3.64. The summed E-state index contributed by atoms with van der Waals surface area (Å²) < 4.78 is 4.44. The molecule has 0 fully saturated rings. The third-order valence-electron chi connectivity index (χ3n) is 2.02.